The number of carbonyl (C=O) groups is 1. The monoisotopic (exact) mass is 343 g/mol. The fraction of sp³-hybridized carbons (Fsp3) is 0.500. The molecule has 4 rings (SSSR count). The number of aromatic nitrogens is 2. The van der Waals surface area contributed by atoms with Gasteiger partial charge in [-0.3, -0.25) is 9.78 Å². The molecular formula is C18H21N3O4. The molecule has 0 N–H and O–H groups in total. The Balaban J connectivity index is 1.43. The second kappa shape index (κ2) is 6.93. The second-order valence-corrected chi connectivity index (χ2v) is 6.71. The molecule has 0 aliphatic carbocycles. The molecule has 7 nitrogen and oxygen atoms in total. The smallest absolute Gasteiger partial charge is 0.275 e. The van der Waals surface area contributed by atoms with Crippen molar-refractivity contribution in [1.29, 1.82) is 0 Å². The number of piperidine rings is 1. The highest BCUT2D eigenvalue weighted by Crippen LogP contribution is 2.41. The molecular weight excluding hydrogens is 322 g/mol. The number of ether oxygens (including phenoxy) is 2. The Morgan fingerprint density at radius 1 is 1.40 bits per heavy atom. The summed E-state index contributed by atoms with van der Waals surface area (Å²) in [6, 6.07) is 3.89. The van der Waals surface area contributed by atoms with Gasteiger partial charge >= 0.3 is 0 Å². The summed E-state index contributed by atoms with van der Waals surface area (Å²) in [6.45, 7) is 3.12. The third-order valence-corrected chi connectivity index (χ3v) is 5.12. The van der Waals surface area contributed by atoms with Crippen LogP contribution in [0.3, 0.4) is 0 Å². The first-order valence-electron chi connectivity index (χ1n) is 8.53. The van der Waals surface area contributed by atoms with E-state index < -0.39 is 0 Å². The van der Waals surface area contributed by atoms with E-state index in [1.54, 1.807) is 12.4 Å². The van der Waals surface area contributed by atoms with Crippen LogP contribution in [0.4, 0.5) is 0 Å². The van der Waals surface area contributed by atoms with E-state index in [4.69, 9.17) is 13.9 Å². The molecule has 0 unspecified atom stereocenters. The predicted molar refractivity (Wildman–Crippen MR) is 87.7 cm³/mol. The van der Waals surface area contributed by atoms with Crippen LogP contribution >= 0.6 is 0 Å². The molecule has 0 radical (unpaired) electrons. The molecule has 2 fully saturated rings. The van der Waals surface area contributed by atoms with Gasteiger partial charge in [0.25, 0.3) is 5.91 Å². The number of amides is 1. The number of carbonyl (C=O) groups excluding carboxylic acids is 1. The van der Waals surface area contributed by atoms with Gasteiger partial charge in [-0.2, -0.15) is 0 Å². The average Bonchev–Trinajstić information content (AvgIpc) is 3.31. The molecule has 2 aliphatic rings. The zero-order valence-electron chi connectivity index (χ0n) is 14.0. The predicted octanol–water partition coefficient (Wildman–Crippen LogP) is 1.91. The lowest BCUT2D eigenvalue weighted by molar-refractivity contribution is -0.0602. The van der Waals surface area contributed by atoms with E-state index in [9.17, 15) is 4.79 Å². The van der Waals surface area contributed by atoms with Gasteiger partial charge in [0.1, 0.15) is 6.26 Å². The van der Waals surface area contributed by atoms with Crippen molar-refractivity contribution in [3.05, 3.63) is 48.4 Å². The quantitative estimate of drug-likeness (QED) is 0.825. The van der Waals surface area contributed by atoms with E-state index >= 15 is 0 Å². The molecule has 2 aliphatic heterocycles. The number of hydrogen-bond donors (Lipinski definition) is 0. The maximum absolute atomic E-state index is 12.6. The van der Waals surface area contributed by atoms with E-state index in [0.29, 0.717) is 32.0 Å². The molecule has 7 heteroatoms. The van der Waals surface area contributed by atoms with Crippen LogP contribution in [0.15, 0.2) is 41.6 Å². The first-order chi connectivity index (χ1) is 12.3. The Morgan fingerprint density at radius 2 is 2.28 bits per heavy atom. The zero-order chi connectivity index (χ0) is 17.1. The van der Waals surface area contributed by atoms with Crippen LogP contribution in [0.25, 0.3) is 0 Å². The fourth-order valence-electron chi connectivity index (χ4n) is 3.76. The lowest BCUT2D eigenvalue weighted by Crippen LogP contribution is -2.53. The van der Waals surface area contributed by atoms with Gasteiger partial charge in [-0.1, -0.05) is 0 Å². The second-order valence-electron chi connectivity index (χ2n) is 6.71. The van der Waals surface area contributed by atoms with Crippen LogP contribution in [0.2, 0.25) is 0 Å². The Morgan fingerprint density at radius 3 is 3.08 bits per heavy atom. The Kier molecular flexibility index (Phi) is 4.50. The van der Waals surface area contributed by atoms with E-state index in [1.165, 1.54) is 12.7 Å². The standard InChI is InChI=1S/C18H21N3O4/c22-17(15-10-24-13-20-15)21-7-3-16-18(11-21,4-8-25-16)12-23-9-14-1-5-19-6-2-14/h1-2,5-6,10,13,16H,3-4,7-9,11-12H2/t16-,18+/m0/s1. The summed E-state index contributed by atoms with van der Waals surface area (Å²) in [7, 11) is 0. The van der Waals surface area contributed by atoms with Crippen LogP contribution in [-0.2, 0) is 16.1 Å². The summed E-state index contributed by atoms with van der Waals surface area (Å²) in [4.78, 5) is 22.4. The molecule has 0 spiro atoms. The lowest BCUT2D eigenvalue weighted by Gasteiger charge is -2.43. The lowest BCUT2D eigenvalue weighted by atomic mass is 9.77. The third-order valence-electron chi connectivity index (χ3n) is 5.12. The Bertz CT molecular complexity index is 706. The molecule has 2 aromatic rings. The van der Waals surface area contributed by atoms with E-state index in [0.717, 1.165) is 25.0 Å². The highest BCUT2D eigenvalue weighted by atomic mass is 16.5. The van der Waals surface area contributed by atoms with Crippen molar-refractivity contribution in [1.82, 2.24) is 14.9 Å². The number of rotatable bonds is 5. The minimum atomic E-state index is -0.148. The molecule has 1 amide bonds. The maximum atomic E-state index is 12.6. The molecule has 2 atom stereocenters. The Hall–Kier alpha value is -2.25. The van der Waals surface area contributed by atoms with Gasteiger partial charge < -0.3 is 18.8 Å². The number of hydrogen-bond acceptors (Lipinski definition) is 6. The van der Waals surface area contributed by atoms with Crippen molar-refractivity contribution in [3.8, 4) is 0 Å². The van der Waals surface area contributed by atoms with Crippen molar-refractivity contribution in [3.63, 3.8) is 0 Å². The van der Waals surface area contributed by atoms with Crippen LogP contribution in [0.1, 0.15) is 28.9 Å². The van der Waals surface area contributed by atoms with Crippen molar-refractivity contribution >= 4 is 5.91 Å². The first kappa shape index (κ1) is 16.2. The molecule has 132 valence electrons. The fourth-order valence-corrected chi connectivity index (χ4v) is 3.76. The summed E-state index contributed by atoms with van der Waals surface area (Å²) in [5.74, 6) is -0.0902. The van der Waals surface area contributed by atoms with Gasteiger partial charge in [0.2, 0.25) is 0 Å². The van der Waals surface area contributed by atoms with Gasteiger partial charge in [-0.05, 0) is 30.5 Å². The van der Waals surface area contributed by atoms with Crippen molar-refractivity contribution in [2.24, 2.45) is 5.41 Å². The van der Waals surface area contributed by atoms with Gasteiger partial charge in [0.15, 0.2) is 12.1 Å². The molecule has 2 saturated heterocycles. The van der Waals surface area contributed by atoms with Crippen molar-refractivity contribution in [2.75, 3.05) is 26.3 Å². The van der Waals surface area contributed by atoms with Gasteiger partial charge in [-0.25, -0.2) is 4.98 Å². The number of fused-ring (bicyclic) bond motifs is 1. The highest BCUT2D eigenvalue weighted by Gasteiger charge is 2.49. The molecule has 4 heterocycles. The molecule has 0 bridgehead atoms. The first-order valence-corrected chi connectivity index (χ1v) is 8.53. The molecule has 0 aromatic carbocycles. The van der Waals surface area contributed by atoms with Crippen LogP contribution < -0.4 is 0 Å². The van der Waals surface area contributed by atoms with E-state index in [2.05, 4.69) is 9.97 Å². The molecule has 0 saturated carbocycles. The summed E-state index contributed by atoms with van der Waals surface area (Å²) in [5, 5.41) is 0. The Labute approximate surface area is 146 Å². The average molecular weight is 343 g/mol. The third kappa shape index (κ3) is 3.29. The summed E-state index contributed by atoms with van der Waals surface area (Å²) in [6.07, 6.45) is 8.07. The van der Waals surface area contributed by atoms with Crippen LogP contribution in [-0.4, -0.2) is 53.2 Å². The van der Waals surface area contributed by atoms with Crippen molar-refractivity contribution in [2.45, 2.75) is 25.6 Å². The van der Waals surface area contributed by atoms with Crippen LogP contribution in [0.5, 0.6) is 0 Å². The van der Waals surface area contributed by atoms with Gasteiger partial charge in [0, 0.05) is 37.5 Å². The number of pyridine rings is 1. The van der Waals surface area contributed by atoms with Gasteiger partial charge in [0.05, 0.1) is 19.3 Å². The van der Waals surface area contributed by atoms with E-state index in [-0.39, 0.29) is 17.4 Å². The molecule has 2 aromatic heterocycles. The minimum Gasteiger partial charge on any atom is -0.451 e. The SMILES string of the molecule is O=C(c1cocn1)N1CC[C@@H]2OCC[C@]2(COCc2ccncc2)C1. The van der Waals surface area contributed by atoms with Gasteiger partial charge in [-0.15, -0.1) is 0 Å². The number of oxazole rings is 1. The summed E-state index contributed by atoms with van der Waals surface area (Å²) in [5.41, 5.74) is 1.29. The normalized spacial score (nSPS) is 25.8. The highest BCUT2D eigenvalue weighted by molar-refractivity contribution is 5.92. The number of likely N-dealkylation sites (tertiary alicyclic amines) is 1. The van der Waals surface area contributed by atoms with Crippen molar-refractivity contribution < 1.29 is 18.7 Å². The number of nitrogens with zero attached hydrogens (tertiary/aromatic N) is 3. The molecule has 25 heavy (non-hydrogen) atoms. The maximum Gasteiger partial charge on any atom is 0.275 e. The largest absolute Gasteiger partial charge is 0.451 e. The summed E-state index contributed by atoms with van der Waals surface area (Å²) >= 11 is 0. The topological polar surface area (TPSA) is 77.7 Å². The van der Waals surface area contributed by atoms with E-state index in [1.807, 2.05) is 17.0 Å². The van der Waals surface area contributed by atoms with Crippen LogP contribution in [0, 0.1) is 5.41 Å². The minimum absolute atomic E-state index is 0.0902. The zero-order valence-corrected chi connectivity index (χ0v) is 14.0. The summed E-state index contributed by atoms with van der Waals surface area (Å²) < 4.78 is 16.9.